The summed E-state index contributed by atoms with van der Waals surface area (Å²) in [5.74, 6) is 0.512. The number of carbonyl (C=O) groups excluding carboxylic acids is 1. The highest BCUT2D eigenvalue weighted by Gasteiger charge is 2.19. The zero-order chi connectivity index (χ0) is 13.4. The van der Waals surface area contributed by atoms with E-state index in [2.05, 4.69) is 17.6 Å². The fraction of sp³-hybridized carbons (Fsp3) is 0.929. The molecule has 106 valence electrons. The summed E-state index contributed by atoms with van der Waals surface area (Å²) in [6.07, 6.45) is 6.81. The Labute approximate surface area is 111 Å². The van der Waals surface area contributed by atoms with Gasteiger partial charge in [0, 0.05) is 12.6 Å². The molecule has 0 heterocycles. The van der Waals surface area contributed by atoms with Gasteiger partial charge in [-0.25, -0.2) is 0 Å². The highest BCUT2D eigenvalue weighted by molar-refractivity contribution is 5.81. The lowest BCUT2D eigenvalue weighted by atomic mass is 9.95. The monoisotopic (exact) mass is 256 g/mol. The third-order valence-corrected chi connectivity index (χ3v) is 3.74. The first-order valence-electron chi connectivity index (χ1n) is 7.28. The molecule has 1 aliphatic carbocycles. The SMILES string of the molecule is CC(CCO)CNC(C)C(=O)NC1CCCCC1. The average molecular weight is 256 g/mol. The maximum Gasteiger partial charge on any atom is 0.237 e. The molecular weight excluding hydrogens is 228 g/mol. The van der Waals surface area contributed by atoms with E-state index in [1.54, 1.807) is 0 Å². The van der Waals surface area contributed by atoms with Crippen LogP contribution in [0.1, 0.15) is 52.4 Å². The van der Waals surface area contributed by atoms with Crippen LogP contribution < -0.4 is 10.6 Å². The molecule has 0 aromatic rings. The first-order chi connectivity index (χ1) is 8.63. The van der Waals surface area contributed by atoms with Gasteiger partial charge in [0.05, 0.1) is 6.04 Å². The predicted molar refractivity (Wildman–Crippen MR) is 73.3 cm³/mol. The summed E-state index contributed by atoms with van der Waals surface area (Å²) in [5.41, 5.74) is 0. The van der Waals surface area contributed by atoms with Gasteiger partial charge in [0.2, 0.25) is 5.91 Å². The van der Waals surface area contributed by atoms with Crippen molar-refractivity contribution >= 4 is 5.91 Å². The Kier molecular flexibility index (Phi) is 7.28. The van der Waals surface area contributed by atoms with E-state index in [0.29, 0.717) is 12.0 Å². The van der Waals surface area contributed by atoms with Crippen LogP contribution in [-0.4, -0.2) is 36.2 Å². The summed E-state index contributed by atoms with van der Waals surface area (Å²) in [4.78, 5) is 12.0. The van der Waals surface area contributed by atoms with Crippen molar-refractivity contribution in [3.8, 4) is 0 Å². The van der Waals surface area contributed by atoms with Gasteiger partial charge in [0.1, 0.15) is 0 Å². The molecule has 1 saturated carbocycles. The van der Waals surface area contributed by atoms with E-state index in [-0.39, 0.29) is 18.6 Å². The van der Waals surface area contributed by atoms with Crippen LogP contribution >= 0.6 is 0 Å². The van der Waals surface area contributed by atoms with Crippen molar-refractivity contribution < 1.29 is 9.90 Å². The number of carbonyl (C=O) groups is 1. The molecule has 0 aromatic heterocycles. The van der Waals surface area contributed by atoms with E-state index in [1.807, 2.05) is 6.92 Å². The Balaban J connectivity index is 2.19. The molecule has 18 heavy (non-hydrogen) atoms. The molecular formula is C14H28N2O2. The van der Waals surface area contributed by atoms with Gasteiger partial charge in [-0.2, -0.15) is 0 Å². The van der Waals surface area contributed by atoms with Gasteiger partial charge in [0.15, 0.2) is 0 Å². The quantitative estimate of drug-likeness (QED) is 0.646. The second kappa shape index (κ2) is 8.48. The average Bonchev–Trinajstić information content (AvgIpc) is 2.37. The summed E-state index contributed by atoms with van der Waals surface area (Å²) in [5, 5.41) is 15.2. The van der Waals surface area contributed by atoms with Gasteiger partial charge < -0.3 is 15.7 Å². The minimum absolute atomic E-state index is 0.109. The zero-order valence-electron chi connectivity index (χ0n) is 11.7. The van der Waals surface area contributed by atoms with Gasteiger partial charge >= 0.3 is 0 Å². The molecule has 1 aliphatic rings. The van der Waals surface area contributed by atoms with Gasteiger partial charge in [0.25, 0.3) is 0 Å². The summed E-state index contributed by atoms with van der Waals surface area (Å²) < 4.78 is 0. The standard InChI is InChI=1S/C14H28N2O2/c1-11(8-9-17)10-15-12(2)14(18)16-13-6-4-3-5-7-13/h11-13,15,17H,3-10H2,1-2H3,(H,16,18). The van der Waals surface area contributed by atoms with E-state index in [0.717, 1.165) is 25.8 Å². The summed E-state index contributed by atoms with van der Waals surface area (Å²) in [7, 11) is 0. The predicted octanol–water partition coefficient (Wildman–Crippen LogP) is 1.43. The first-order valence-corrected chi connectivity index (χ1v) is 7.28. The number of rotatable bonds is 7. The minimum atomic E-state index is -0.145. The smallest absolute Gasteiger partial charge is 0.237 e. The maximum atomic E-state index is 12.0. The highest BCUT2D eigenvalue weighted by atomic mass is 16.3. The van der Waals surface area contributed by atoms with Gasteiger partial charge in [-0.3, -0.25) is 4.79 Å². The van der Waals surface area contributed by atoms with E-state index in [4.69, 9.17) is 5.11 Å². The second-order valence-corrected chi connectivity index (χ2v) is 5.59. The van der Waals surface area contributed by atoms with Gasteiger partial charge in [-0.1, -0.05) is 26.2 Å². The van der Waals surface area contributed by atoms with Crippen molar-refractivity contribution in [3.63, 3.8) is 0 Å². The van der Waals surface area contributed by atoms with Crippen LogP contribution in [0.4, 0.5) is 0 Å². The molecule has 2 unspecified atom stereocenters. The Morgan fingerprint density at radius 3 is 2.56 bits per heavy atom. The topological polar surface area (TPSA) is 61.4 Å². The van der Waals surface area contributed by atoms with Crippen molar-refractivity contribution in [2.75, 3.05) is 13.2 Å². The molecule has 3 N–H and O–H groups in total. The third-order valence-electron chi connectivity index (χ3n) is 3.74. The molecule has 2 atom stereocenters. The number of aliphatic hydroxyl groups excluding tert-OH is 1. The maximum absolute atomic E-state index is 12.0. The van der Waals surface area contributed by atoms with E-state index in [9.17, 15) is 4.79 Å². The molecule has 1 amide bonds. The lowest BCUT2D eigenvalue weighted by Crippen LogP contribution is -2.47. The molecule has 4 nitrogen and oxygen atoms in total. The fourth-order valence-electron chi connectivity index (χ4n) is 2.37. The van der Waals surface area contributed by atoms with Crippen LogP contribution in [0, 0.1) is 5.92 Å². The van der Waals surface area contributed by atoms with Crippen LogP contribution in [0.3, 0.4) is 0 Å². The van der Waals surface area contributed by atoms with E-state index < -0.39 is 0 Å². The van der Waals surface area contributed by atoms with E-state index >= 15 is 0 Å². The van der Waals surface area contributed by atoms with Crippen molar-refractivity contribution in [1.82, 2.24) is 10.6 Å². The van der Waals surface area contributed by atoms with Gasteiger partial charge in [-0.05, 0) is 38.6 Å². The Hall–Kier alpha value is -0.610. The Morgan fingerprint density at radius 1 is 1.28 bits per heavy atom. The largest absolute Gasteiger partial charge is 0.396 e. The van der Waals surface area contributed by atoms with Crippen LogP contribution in [0.2, 0.25) is 0 Å². The molecule has 0 aliphatic heterocycles. The van der Waals surface area contributed by atoms with E-state index in [1.165, 1.54) is 19.3 Å². The summed E-state index contributed by atoms with van der Waals surface area (Å²) in [6, 6.07) is 0.235. The third kappa shape index (κ3) is 5.83. The number of aliphatic hydroxyl groups is 1. The molecule has 0 aromatic carbocycles. The molecule has 0 spiro atoms. The molecule has 4 heteroatoms. The Bertz CT molecular complexity index is 240. The van der Waals surface area contributed by atoms with Crippen LogP contribution in [-0.2, 0) is 4.79 Å². The van der Waals surface area contributed by atoms with Crippen LogP contribution in [0.5, 0.6) is 0 Å². The fourth-order valence-corrected chi connectivity index (χ4v) is 2.37. The highest BCUT2D eigenvalue weighted by Crippen LogP contribution is 2.17. The Morgan fingerprint density at radius 2 is 1.94 bits per heavy atom. The number of nitrogens with one attached hydrogen (secondary N) is 2. The van der Waals surface area contributed by atoms with Crippen LogP contribution in [0.25, 0.3) is 0 Å². The summed E-state index contributed by atoms with van der Waals surface area (Å²) >= 11 is 0. The van der Waals surface area contributed by atoms with Crippen molar-refractivity contribution in [2.45, 2.75) is 64.5 Å². The van der Waals surface area contributed by atoms with Crippen molar-refractivity contribution in [2.24, 2.45) is 5.92 Å². The first kappa shape index (κ1) is 15.4. The van der Waals surface area contributed by atoms with Crippen molar-refractivity contribution in [1.29, 1.82) is 0 Å². The second-order valence-electron chi connectivity index (χ2n) is 5.59. The lowest BCUT2D eigenvalue weighted by Gasteiger charge is -2.25. The molecule has 0 radical (unpaired) electrons. The normalized spacial score (nSPS) is 20.4. The van der Waals surface area contributed by atoms with Crippen LogP contribution in [0.15, 0.2) is 0 Å². The lowest BCUT2D eigenvalue weighted by molar-refractivity contribution is -0.123. The zero-order valence-corrected chi connectivity index (χ0v) is 11.7. The van der Waals surface area contributed by atoms with Gasteiger partial charge in [-0.15, -0.1) is 0 Å². The minimum Gasteiger partial charge on any atom is -0.396 e. The number of hydrogen-bond donors (Lipinski definition) is 3. The summed E-state index contributed by atoms with van der Waals surface area (Å²) in [6.45, 7) is 4.98. The molecule has 0 saturated heterocycles. The van der Waals surface area contributed by atoms with Crippen molar-refractivity contribution in [3.05, 3.63) is 0 Å². The molecule has 1 rings (SSSR count). The molecule has 1 fully saturated rings. The number of hydrogen-bond acceptors (Lipinski definition) is 3. The number of amides is 1. The molecule has 0 bridgehead atoms.